The summed E-state index contributed by atoms with van der Waals surface area (Å²) in [4.78, 5) is 12.2. The summed E-state index contributed by atoms with van der Waals surface area (Å²) < 4.78 is 0. The molecule has 102 valence electrons. The van der Waals surface area contributed by atoms with Crippen molar-refractivity contribution in [2.24, 2.45) is 0 Å². The molecule has 0 aliphatic rings. The van der Waals surface area contributed by atoms with Crippen LogP contribution in [0.15, 0.2) is 53.4 Å². The fourth-order valence-corrected chi connectivity index (χ4v) is 2.45. The Labute approximate surface area is 123 Å². The number of hydrogen-bond donors (Lipinski definition) is 1. The van der Waals surface area contributed by atoms with Crippen molar-refractivity contribution in [2.45, 2.75) is 11.8 Å². The summed E-state index contributed by atoms with van der Waals surface area (Å²) in [6.45, 7) is 1.52. The van der Waals surface area contributed by atoms with Crippen LogP contribution < -0.4 is 5.32 Å². The van der Waals surface area contributed by atoms with Gasteiger partial charge in [0.25, 0.3) is 0 Å². The summed E-state index contributed by atoms with van der Waals surface area (Å²) >= 11 is 1.62. The van der Waals surface area contributed by atoms with Gasteiger partial charge in [-0.3, -0.25) is 4.79 Å². The van der Waals surface area contributed by atoms with Crippen molar-refractivity contribution >= 4 is 35.5 Å². The van der Waals surface area contributed by atoms with Gasteiger partial charge in [-0.25, -0.2) is 0 Å². The third-order valence-electron chi connectivity index (χ3n) is 2.80. The van der Waals surface area contributed by atoms with Crippen molar-refractivity contribution in [1.29, 1.82) is 0 Å². The zero-order valence-electron chi connectivity index (χ0n) is 11.6. The molecular formula is C17H17NOS. The van der Waals surface area contributed by atoms with Crippen LogP contribution in [-0.4, -0.2) is 12.2 Å². The molecule has 0 fully saturated rings. The molecular weight excluding hydrogens is 266 g/mol. The van der Waals surface area contributed by atoms with Gasteiger partial charge in [-0.1, -0.05) is 48.6 Å². The zero-order valence-corrected chi connectivity index (χ0v) is 12.4. The summed E-state index contributed by atoms with van der Waals surface area (Å²) in [6.07, 6.45) is 6.16. The van der Waals surface area contributed by atoms with E-state index in [1.807, 2.05) is 36.6 Å². The summed E-state index contributed by atoms with van der Waals surface area (Å²) in [5, 5.41) is 2.84. The second-order valence-electron chi connectivity index (χ2n) is 4.38. The van der Waals surface area contributed by atoms with Crippen molar-refractivity contribution in [3.63, 3.8) is 0 Å². The Balaban J connectivity index is 2.21. The highest BCUT2D eigenvalue weighted by Gasteiger charge is 2.03. The van der Waals surface area contributed by atoms with E-state index in [-0.39, 0.29) is 5.91 Å². The van der Waals surface area contributed by atoms with Gasteiger partial charge < -0.3 is 5.32 Å². The number of benzene rings is 2. The molecule has 3 heteroatoms. The Hall–Kier alpha value is -2.00. The smallest absolute Gasteiger partial charge is 0.221 e. The summed E-state index contributed by atoms with van der Waals surface area (Å²) in [5.41, 5.74) is 3.15. The third kappa shape index (κ3) is 4.00. The molecule has 2 aromatic rings. The molecule has 2 rings (SSSR count). The second-order valence-corrected chi connectivity index (χ2v) is 5.23. The Morgan fingerprint density at radius 3 is 2.40 bits per heavy atom. The van der Waals surface area contributed by atoms with Gasteiger partial charge in [0.05, 0.1) is 5.69 Å². The number of carbonyl (C=O) groups excluding carboxylic acids is 1. The van der Waals surface area contributed by atoms with Gasteiger partial charge in [-0.05, 0) is 29.5 Å². The molecule has 0 heterocycles. The van der Waals surface area contributed by atoms with Gasteiger partial charge in [0.2, 0.25) is 5.91 Å². The van der Waals surface area contributed by atoms with Gasteiger partial charge in [0.1, 0.15) is 0 Å². The minimum Gasteiger partial charge on any atom is -0.325 e. The molecule has 0 aliphatic heterocycles. The molecule has 0 atom stereocenters. The van der Waals surface area contributed by atoms with Crippen molar-refractivity contribution in [2.75, 3.05) is 11.6 Å². The fourth-order valence-electron chi connectivity index (χ4n) is 1.86. The number of nitrogens with one attached hydrogen (secondary N) is 1. The lowest BCUT2D eigenvalue weighted by atomic mass is 10.1. The van der Waals surface area contributed by atoms with Crippen molar-refractivity contribution in [3.8, 4) is 0 Å². The largest absolute Gasteiger partial charge is 0.325 e. The molecule has 0 aromatic heterocycles. The van der Waals surface area contributed by atoms with Crippen LogP contribution in [0.4, 0.5) is 5.69 Å². The third-order valence-corrected chi connectivity index (χ3v) is 3.58. The van der Waals surface area contributed by atoms with E-state index >= 15 is 0 Å². The average molecular weight is 283 g/mol. The summed E-state index contributed by atoms with van der Waals surface area (Å²) in [6, 6.07) is 16.2. The quantitative estimate of drug-likeness (QED) is 0.659. The van der Waals surface area contributed by atoms with Crippen LogP contribution in [0.5, 0.6) is 0 Å². The van der Waals surface area contributed by atoms with Crippen molar-refractivity contribution < 1.29 is 4.79 Å². The van der Waals surface area contributed by atoms with E-state index in [4.69, 9.17) is 0 Å². The maximum Gasteiger partial charge on any atom is 0.221 e. The molecule has 0 saturated carbocycles. The summed E-state index contributed by atoms with van der Waals surface area (Å²) in [7, 11) is 0. The molecule has 2 nitrogen and oxygen atoms in total. The maximum atomic E-state index is 11.1. The SMILES string of the molecule is CSc1cc(/C=C\c2ccccc2)ccc1NC(C)=O. The molecule has 1 amide bonds. The summed E-state index contributed by atoms with van der Waals surface area (Å²) in [5.74, 6) is -0.0483. The monoisotopic (exact) mass is 283 g/mol. The van der Waals surface area contributed by atoms with Crippen LogP contribution >= 0.6 is 11.8 Å². The van der Waals surface area contributed by atoms with E-state index in [9.17, 15) is 4.79 Å². The molecule has 20 heavy (non-hydrogen) atoms. The molecule has 2 aromatic carbocycles. The lowest BCUT2D eigenvalue weighted by Crippen LogP contribution is -2.06. The first-order valence-electron chi connectivity index (χ1n) is 6.38. The van der Waals surface area contributed by atoms with Crippen LogP contribution in [0.2, 0.25) is 0 Å². The van der Waals surface area contributed by atoms with Crippen LogP contribution in [-0.2, 0) is 4.79 Å². The van der Waals surface area contributed by atoms with E-state index in [1.54, 1.807) is 11.8 Å². The Bertz CT molecular complexity index is 620. The first kappa shape index (κ1) is 14.4. The highest BCUT2D eigenvalue weighted by molar-refractivity contribution is 7.98. The number of anilines is 1. The zero-order chi connectivity index (χ0) is 14.4. The van der Waals surface area contributed by atoms with E-state index in [0.29, 0.717) is 0 Å². The number of amides is 1. The Kier molecular flexibility index (Phi) is 5.02. The fraction of sp³-hybridized carbons (Fsp3) is 0.118. The molecule has 0 aliphatic carbocycles. The predicted octanol–water partition coefficient (Wildman–Crippen LogP) is 4.54. The normalized spacial score (nSPS) is 10.7. The molecule has 0 saturated heterocycles. The highest BCUT2D eigenvalue weighted by atomic mass is 32.2. The number of rotatable bonds is 4. The van der Waals surface area contributed by atoms with Gasteiger partial charge in [0, 0.05) is 11.8 Å². The van der Waals surface area contributed by atoms with Crippen molar-refractivity contribution in [3.05, 3.63) is 59.7 Å². The Morgan fingerprint density at radius 1 is 1.05 bits per heavy atom. The van der Waals surface area contributed by atoms with E-state index in [0.717, 1.165) is 16.1 Å². The van der Waals surface area contributed by atoms with Crippen LogP contribution in [0.1, 0.15) is 18.1 Å². The lowest BCUT2D eigenvalue weighted by Gasteiger charge is -2.08. The highest BCUT2D eigenvalue weighted by Crippen LogP contribution is 2.27. The standard InChI is InChI=1S/C17H17NOS/c1-13(19)18-16-11-10-15(12-17(16)20-2)9-8-14-6-4-3-5-7-14/h3-12H,1-2H3,(H,18,19)/b9-8-. The van der Waals surface area contributed by atoms with Crippen LogP contribution in [0.25, 0.3) is 12.2 Å². The second kappa shape index (κ2) is 6.96. The first-order chi connectivity index (χ1) is 9.69. The van der Waals surface area contributed by atoms with E-state index < -0.39 is 0 Å². The van der Waals surface area contributed by atoms with Crippen molar-refractivity contribution in [1.82, 2.24) is 0 Å². The molecule has 0 spiro atoms. The predicted molar refractivity (Wildman–Crippen MR) is 87.9 cm³/mol. The molecule has 0 unspecified atom stereocenters. The molecule has 1 N–H and O–H groups in total. The van der Waals surface area contributed by atoms with Gasteiger partial charge >= 0.3 is 0 Å². The lowest BCUT2D eigenvalue weighted by molar-refractivity contribution is -0.114. The van der Waals surface area contributed by atoms with E-state index in [2.05, 4.69) is 35.7 Å². The average Bonchev–Trinajstić information content (AvgIpc) is 2.46. The van der Waals surface area contributed by atoms with Crippen LogP contribution in [0.3, 0.4) is 0 Å². The Morgan fingerprint density at radius 2 is 1.75 bits per heavy atom. The number of carbonyl (C=O) groups is 1. The minimum absolute atomic E-state index is 0.0483. The van der Waals surface area contributed by atoms with Crippen LogP contribution in [0, 0.1) is 0 Å². The molecule has 0 radical (unpaired) electrons. The first-order valence-corrected chi connectivity index (χ1v) is 7.60. The topological polar surface area (TPSA) is 29.1 Å². The minimum atomic E-state index is -0.0483. The molecule has 0 bridgehead atoms. The van der Waals surface area contributed by atoms with Gasteiger partial charge in [0.15, 0.2) is 0 Å². The van der Waals surface area contributed by atoms with E-state index in [1.165, 1.54) is 12.5 Å². The van der Waals surface area contributed by atoms with Gasteiger partial charge in [-0.2, -0.15) is 0 Å². The number of thioether (sulfide) groups is 1. The van der Waals surface area contributed by atoms with Gasteiger partial charge in [-0.15, -0.1) is 11.8 Å². The maximum absolute atomic E-state index is 11.1. The number of hydrogen-bond acceptors (Lipinski definition) is 2.